The molecule has 6 rings (SSSR count). The van der Waals surface area contributed by atoms with Gasteiger partial charge in [0.25, 0.3) is 0 Å². The molecular formula is C37H46N8O7. The number of aliphatic hydroxyl groups is 1. The van der Waals surface area contributed by atoms with Gasteiger partial charge in [-0.1, -0.05) is 56.0 Å². The van der Waals surface area contributed by atoms with Crippen LogP contribution in [-0.4, -0.2) is 104 Å². The second-order valence-corrected chi connectivity index (χ2v) is 12.8. The van der Waals surface area contributed by atoms with Crippen molar-refractivity contribution in [3.63, 3.8) is 0 Å². The second kappa shape index (κ2) is 16.1. The molecule has 2 aromatic heterocycles. The number of ether oxygens (including phenoxy) is 2. The van der Waals surface area contributed by atoms with Crippen LogP contribution in [-0.2, 0) is 19.1 Å². The van der Waals surface area contributed by atoms with Crippen LogP contribution in [0.3, 0.4) is 0 Å². The van der Waals surface area contributed by atoms with E-state index in [1.165, 1.54) is 19.1 Å². The van der Waals surface area contributed by atoms with Crippen molar-refractivity contribution in [3.05, 3.63) is 72.6 Å². The van der Waals surface area contributed by atoms with Crippen LogP contribution in [0.15, 0.2) is 60.9 Å². The number of carbonyl (C=O) groups excluding carboxylic acids is 4. The molecular weight excluding hydrogens is 668 g/mol. The molecule has 15 heteroatoms. The number of alkyl carbamates (subject to hydrolysis) is 2. The number of hydrogen-bond donors (Lipinski definition) is 5. The lowest BCUT2D eigenvalue weighted by molar-refractivity contribution is -0.135. The van der Waals surface area contributed by atoms with Gasteiger partial charge in [-0.15, -0.1) is 0 Å². The summed E-state index contributed by atoms with van der Waals surface area (Å²) in [4.78, 5) is 68.5. The number of aromatic amines is 2. The number of nitrogens with one attached hydrogen (secondary N) is 4. The Hall–Kier alpha value is -5.70. The predicted octanol–water partition coefficient (Wildman–Crippen LogP) is 4.56. The molecule has 2 fully saturated rings. The lowest BCUT2D eigenvalue weighted by Crippen LogP contribution is -2.47. The number of aliphatic hydroxyl groups excluding tert-OH is 1. The van der Waals surface area contributed by atoms with E-state index in [4.69, 9.17) is 0 Å². The van der Waals surface area contributed by atoms with Gasteiger partial charge in [-0.05, 0) is 55.4 Å². The Balaban J connectivity index is 0.00000523. The van der Waals surface area contributed by atoms with Crippen LogP contribution in [0.4, 0.5) is 9.59 Å². The van der Waals surface area contributed by atoms with Gasteiger partial charge >= 0.3 is 12.2 Å². The smallest absolute Gasteiger partial charge is 0.407 e. The van der Waals surface area contributed by atoms with Gasteiger partial charge in [-0.3, -0.25) is 9.59 Å². The number of benzene rings is 2. The van der Waals surface area contributed by atoms with Gasteiger partial charge in [0, 0.05) is 13.1 Å². The van der Waals surface area contributed by atoms with Gasteiger partial charge in [0.05, 0.1) is 50.1 Å². The van der Waals surface area contributed by atoms with Crippen molar-refractivity contribution in [1.82, 2.24) is 40.4 Å². The van der Waals surface area contributed by atoms with Gasteiger partial charge in [0.2, 0.25) is 11.8 Å². The van der Waals surface area contributed by atoms with E-state index in [0.29, 0.717) is 31.2 Å². The van der Waals surface area contributed by atoms with Crippen LogP contribution in [0.5, 0.6) is 0 Å². The Labute approximate surface area is 302 Å². The fraction of sp³-hybridized carbons (Fsp3) is 0.405. The van der Waals surface area contributed by atoms with E-state index in [2.05, 4.69) is 40.0 Å². The van der Waals surface area contributed by atoms with Crippen molar-refractivity contribution >= 4 is 24.0 Å². The molecule has 5 N–H and O–H groups in total. The van der Waals surface area contributed by atoms with Crippen LogP contribution in [0.2, 0.25) is 0 Å². The maximum atomic E-state index is 13.1. The van der Waals surface area contributed by atoms with Gasteiger partial charge in [-0.25, -0.2) is 19.6 Å². The van der Waals surface area contributed by atoms with Gasteiger partial charge < -0.3 is 45.0 Å². The standard InChI is InChI=1S/C36H42N8O7.CH4/c1-20(39-35(48)50-3)33(46)43-16-5-6-28(43)31-37-18-26(41-31)24-11-7-22(8-12-24)23-9-13-25(14-10-23)27-19-38-32(42-27)30-29(45)15-17-44(30)34(47)21(2)40-36(49)51-4;/h7-14,18-21,28-30,45H,5-6,15-17H2,1-4H3,(H,37,41)(H,38,42)(H,39,48)(H,40,49);1H4/t20-,21-,28-,29-,30-;/m0./s1. The zero-order valence-electron chi connectivity index (χ0n) is 28.9. The summed E-state index contributed by atoms with van der Waals surface area (Å²) >= 11 is 0. The molecule has 2 aliphatic heterocycles. The zero-order chi connectivity index (χ0) is 36.2. The lowest BCUT2D eigenvalue weighted by Gasteiger charge is -2.27. The maximum absolute atomic E-state index is 13.1. The summed E-state index contributed by atoms with van der Waals surface area (Å²) in [5.74, 6) is 0.649. The highest BCUT2D eigenvalue weighted by molar-refractivity contribution is 5.86. The van der Waals surface area contributed by atoms with E-state index in [1.54, 1.807) is 31.1 Å². The molecule has 276 valence electrons. The van der Waals surface area contributed by atoms with E-state index in [1.807, 2.05) is 48.5 Å². The molecule has 4 aromatic rings. The number of nitrogens with zero attached hydrogens (tertiary/aromatic N) is 4. The minimum Gasteiger partial charge on any atom is -0.453 e. The number of aromatic nitrogens is 4. The predicted molar refractivity (Wildman–Crippen MR) is 193 cm³/mol. The van der Waals surface area contributed by atoms with Crippen LogP contribution in [0.25, 0.3) is 33.6 Å². The fourth-order valence-electron chi connectivity index (χ4n) is 6.73. The van der Waals surface area contributed by atoms with E-state index in [9.17, 15) is 24.3 Å². The molecule has 4 amide bonds. The Bertz CT molecular complexity index is 1870. The first-order valence-electron chi connectivity index (χ1n) is 16.9. The zero-order valence-corrected chi connectivity index (χ0v) is 28.9. The number of methoxy groups -OCH3 is 2. The summed E-state index contributed by atoms with van der Waals surface area (Å²) in [6, 6.07) is 13.7. The third-order valence-electron chi connectivity index (χ3n) is 9.48. The first-order chi connectivity index (χ1) is 24.6. The third-order valence-corrected chi connectivity index (χ3v) is 9.48. The van der Waals surface area contributed by atoms with Crippen molar-refractivity contribution in [2.45, 2.75) is 70.8 Å². The lowest BCUT2D eigenvalue weighted by atomic mass is 10.0. The monoisotopic (exact) mass is 714 g/mol. The molecule has 0 spiro atoms. The van der Waals surface area contributed by atoms with Crippen LogP contribution in [0.1, 0.15) is 64.3 Å². The molecule has 0 radical (unpaired) electrons. The molecule has 2 aromatic carbocycles. The van der Waals surface area contributed by atoms with Gasteiger partial charge in [-0.2, -0.15) is 0 Å². The van der Waals surface area contributed by atoms with E-state index >= 15 is 0 Å². The highest BCUT2D eigenvalue weighted by Gasteiger charge is 2.41. The molecule has 4 heterocycles. The van der Waals surface area contributed by atoms with Crippen molar-refractivity contribution in [1.29, 1.82) is 0 Å². The number of amides is 4. The highest BCUT2D eigenvalue weighted by atomic mass is 16.5. The number of hydrogen-bond acceptors (Lipinski definition) is 9. The van der Waals surface area contributed by atoms with Crippen molar-refractivity contribution in [2.24, 2.45) is 0 Å². The molecule has 15 nitrogen and oxygen atoms in total. The summed E-state index contributed by atoms with van der Waals surface area (Å²) in [5, 5.41) is 15.8. The first kappa shape index (κ1) is 37.6. The molecule has 5 atom stereocenters. The minimum absolute atomic E-state index is 0. The maximum Gasteiger partial charge on any atom is 0.407 e. The van der Waals surface area contributed by atoms with E-state index < -0.39 is 36.4 Å². The van der Waals surface area contributed by atoms with Crippen molar-refractivity contribution < 1.29 is 33.8 Å². The third kappa shape index (κ3) is 7.78. The molecule has 0 saturated carbocycles. The normalized spacial score (nSPS) is 19.4. The Morgan fingerprint density at radius 3 is 1.71 bits per heavy atom. The molecule has 2 saturated heterocycles. The molecule has 0 bridgehead atoms. The van der Waals surface area contributed by atoms with E-state index in [0.717, 1.165) is 46.5 Å². The average Bonchev–Trinajstić information content (AvgIpc) is 3.98. The Kier molecular flexibility index (Phi) is 11.6. The Morgan fingerprint density at radius 1 is 0.731 bits per heavy atom. The molecule has 0 aliphatic carbocycles. The van der Waals surface area contributed by atoms with E-state index in [-0.39, 0.29) is 25.3 Å². The van der Waals surface area contributed by atoms with Crippen LogP contribution in [0, 0.1) is 0 Å². The summed E-state index contributed by atoms with van der Waals surface area (Å²) in [6.45, 7) is 4.13. The fourth-order valence-corrected chi connectivity index (χ4v) is 6.73. The van der Waals surface area contributed by atoms with Crippen LogP contribution < -0.4 is 10.6 Å². The topological polar surface area (TPSA) is 195 Å². The van der Waals surface area contributed by atoms with Gasteiger partial charge in [0.15, 0.2) is 0 Å². The highest BCUT2D eigenvalue weighted by Crippen LogP contribution is 2.34. The SMILES string of the molecule is C.COC(=O)N[C@@H](C)C(=O)N1CC[C@H](O)[C@H]1c1ncc(-c2ccc(-c3ccc(-c4cnc([C@@H]5CCCN5C(=O)[C@H](C)NC(=O)OC)[nH]4)cc3)cc2)[nH]1. The average molecular weight is 715 g/mol. The summed E-state index contributed by atoms with van der Waals surface area (Å²) in [6.07, 6.45) is 3.31. The van der Waals surface area contributed by atoms with Crippen LogP contribution >= 0.6 is 0 Å². The largest absolute Gasteiger partial charge is 0.453 e. The number of rotatable bonds is 9. The summed E-state index contributed by atoms with van der Waals surface area (Å²) in [7, 11) is 2.49. The Morgan fingerprint density at radius 2 is 1.19 bits per heavy atom. The number of imidazole rings is 2. The number of likely N-dealkylation sites (tertiary alicyclic amines) is 2. The molecule has 2 aliphatic rings. The molecule has 0 unspecified atom stereocenters. The van der Waals surface area contributed by atoms with Crippen molar-refractivity contribution in [3.8, 4) is 33.6 Å². The minimum atomic E-state index is -0.827. The molecule has 52 heavy (non-hydrogen) atoms. The van der Waals surface area contributed by atoms with Gasteiger partial charge in [0.1, 0.15) is 29.8 Å². The number of H-pyrrole nitrogens is 2. The number of carbonyl (C=O) groups is 4. The summed E-state index contributed by atoms with van der Waals surface area (Å²) < 4.78 is 9.24. The first-order valence-corrected chi connectivity index (χ1v) is 16.9. The second-order valence-electron chi connectivity index (χ2n) is 12.8. The van der Waals surface area contributed by atoms with Crippen molar-refractivity contribution in [2.75, 3.05) is 27.3 Å². The quantitative estimate of drug-likeness (QED) is 0.165. The summed E-state index contributed by atoms with van der Waals surface area (Å²) in [5.41, 5.74) is 5.45.